The predicted molar refractivity (Wildman–Crippen MR) is 53.1 cm³/mol. The number of carbonyl (C=O) groups excluding carboxylic acids is 1. The molecule has 0 radical (unpaired) electrons. The fraction of sp³-hybridized carbons (Fsp3) is 0.545. The van der Waals surface area contributed by atoms with E-state index in [9.17, 15) is 4.79 Å². The summed E-state index contributed by atoms with van der Waals surface area (Å²) in [4.78, 5) is 22.0. The Morgan fingerprint density at radius 3 is 3.35 bits per heavy atom. The molecule has 0 aromatic rings. The standard InChI is InChI=1S/C11H12O6/c1-2-13-10(12)7-3-4-11-9(14-6-15-11)5-8(7)16-17-11/h3-5,7-8H,2,6H2,1H3. The van der Waals surface area contributed by atoms with Gasteiger partial charge in [-0.3, -0.25) is 4.79 Å². The Morgan fingerprint density at radius 2 is 2.53 bits per heavy atom. The lowest BCUT2D eigenvalue weighted by Crippen LogP contribution is -2.37. The molecule has 3 unspecified atom stereocenters. The number of esters is 1. The van der Waals surface area contributed by atoms with E-state index >= 15 is 0 Å². The Balaban J connectivity index is 1.91. The molecule has 1 fully saturated rings. The van der Waals surface area contributed by atoms with E-state index in [2.05, 4.69) is 0 Å². The summed E-state index contributed by atoms with van der Waals surface area (Å²) in [6, 6.07) is 0. The highest BCUT2D eigenvalue weighted by Gasteiger charge is 2.51. The van der Waals surface area contributed by atoms with Gasteiger partial charge in [-0.1, -0.05) is 6.08 Å². The Labute approximate surface area is 97.7 Å². The second kappa shape index (κ2) is 3.83. The highest BCUT2D eigenvalue weighted by molar-refractivity contribution is 5.76. The third-order valence-corrected chi connectivity index (χ3v) is 2.87. The van der Waals surface area contributed by atoms with E-state index < -0.39 is 17.8 Å². The monoisotopic (exact) mass is 240 g/mol. The van der Waals surface area contributed by atoms with E-state index in [-0.39, 0.29) is 12.8 Å². The lowest BCUT2D eigenvalue weighted by atomic mass is 10.0. The minimum Gasteiger partial charge on any atom is -0.466 e. The molecule has 0 aromatic carbocycles. The second-order valence-electron chi connectivity index (χ2n) is 3.89. The first-order valence-electron chi connectivity index (χ1n) is 5.45. The van der Waals surface area contributed by atoms with Gasteiger partial charge in [-0.2, -0.15) is 4.89 Å². The van der Waals surface area contributed by atoms with Gasteiger partial charge in [0.15, 0.2) is 12.6 Å². The zero-order chi connectivity index (χ0) is 11.9. The highest BCUT2D eigenvalue weighted by atomic mass is 17.2. The van der Waals surface area contributed by atoms with Crippen molar-refractivity contribution in [2.45, 2.75) is 18.8 Å². The number of rotatable bonds is 2. The van der Waals surface area contributed by atoms with Crippen LogP contribution in [0.1, 0.15) is 6.92 Å². The minimum atomic E-state index is -1.13. The first kappa shape index (κ1) is 10.8. The average Bonchev–Trinajstić information content (AvgIpc) is 2.57. The lowest BCUT2D eigenvalue weighted by molar-refractivity contribution is -0.411. The van der Waals surface area contributed by atoms with Crippen molar-refractivity contribution >= 4 is 5.97 Å². The molecule has 4 rings (SSSR count). The van der Waals surface area contributed by atoms with Gasteiger partial charge in [-0.15, -0.1) is 0 Å². The number of carbonyl (C=O) groups is 1. The van der Waals surface area contributed by atoms with Gasteiger partial charge >= 0.3 is 5.97 Å². The van der Waals surface area contributed by atoms with Crippen LogP contribution in [0.5, 0.6) is 0 Å². The molecule has 3 atom stereocenters. The van der Waals surface area contributed by atoms with Gasteiger partial charge in [-0.05, 0) is 19.1 Å². The molecular formula is C11H12O6. The van der Waals surface area contributed by atoms with E-state index in [1.165, 1.54) is 0 Å². The number of hydrogen-bond acceptors (Lipinski definition) is 6. The van der Waals surface area contributed by atoms with Crippen molar-refractivity contribution in [1.82, 2.24) is 0 Å². The molecule has 1 spiro atoms. The molecule has 17 heavy (non-hydrogen) atoms. The molecular weight excluding hydrogens is 228 g/mol. The summed E-state index contributed by atoms with van der Waals surface area (Å²) in [5.74, 6) is -1.50. The summed E-state index contributed by atoms with van der Waals surface area (Å²) in [5.41, 5.74) is 0. The molecule has 4 aliphatic rings. The molecule has 0 N–H and O–H groups in total. The van der Waals surface area contributed by atoms with E-state index in [1.54, 1.807) is 25.2 Å². The lowest BCUT2D eigenvalue weighted by Gasteiger charge is -2.27. The maximum Gasteiger partial charge on any atom is 0.315 e. The fourth-order valence-corrected chi connectivity index (χ4v) is 2.00. The average molecular weight is 240 g/mol. The van der Waals surface area contributed by atoms with Crippen LogP contribution in [-0.2, 0) is 28.8 Å². The first-order chi connectivity index (χ1) is 8.25. The summed E-state index contributed by atoms with van der Waals surface area (Å²) < 4.78 is 15.6. The van der Waals surface area contributed by atoms with Crippen LogP contribution in [0.4, 0.5) is 0 Å². The maximum absolute atomic E-state index is 11.7. The Hall–Kier alpha value is -1.37. The van der Waals surface area contributed by atoms with Crippen LogP contribution in [0.15, 0.2) is 24.0 Å². The molecule has 3 heterocycles. The van der Waals surface area contributed by atoms with Gasteiger partial charge in [0.2, 0.25) is 0 Å². The Morgan fingerprint density at radius 1 is 1.65 bits per heavy atom. The normalized spacial score (nSPS) is 38.1. The zero-order valence-electron chi connectivity index (χ0n) is 9.25. The zero-order valence-corrected chi connectivity index (χ0v) is 9.25. The van der Waals surface area contributed by atoms with Crippen LogP contribution in [0.3, 0.4) is 0 Å². The van der Waals surface area contributed by atoms with Crippen LogP contribution in [0, 0.1) is 5.92 Å². The van der Waals surface area contributed by atoms with Crippen molar-refractivity contribution in [2.75, 3.05) is 13.4 Å². The third-order valence-electron chi connectivity index (χ3n) is 2.87. The van der Waals surface area contributed by atoms with Crippen LogP contribution < -0.4 is 0 Å². The van der Waals surface area contributed by atoms with Gasteiger partial charge in [0.1, 0.15) is 12.0 Å². The number of fused-ring (bicyclic) bond motifs is 2. The van der Waals surface area contributed by atoms with Gasteiger partial charge < -0.3 is 14.2 Å². The summed E-state index contributed by atoms with van der Waals surface area (Å²) in [5, 5.41) is 0. The second-order valence-corrected chi connectivity index (χ2v) is 3.89. The molecule has 1 aliphatic carbocycles. The molecule has 6 heteroatoms. The van der Waals surface area contributed by atoms with E-state index in [0.29, 0.717) is 12.4 Å². The van der Waals surface area contributed by atoms with E-state index in [0.717, 1.165) is 0 Å². The molecule has 0 aromatic heterocycles. The molecule has 92 valence electrons. The molecule has 0 saturated carbocycles. The van der Waals surface area contributed by atoms with E-state index in [1.807, 2.05) is 0 Å². The third kappa shape index (κ3) is 1.56. The van der Waals surface area contributed by atoms with Crippen LogP contribution in [0.25, 0.3) is 0 Å². The topological polar surface area (TPSA) is 63.2 Å². The number of hydrogen-bond donors (Lipinski definition) is 0. The van der Waals surface area contributed by atoms with Crippen molar-refractivity contribution in [3.8, 4) is 0 Å². The molecule has 3 aliphatic heterocycles. The Bertz CT molecular complexity index is 401. The van der Waals surface area contributed by atoms with Crippen LogP contribution >= 0.6 is 0 Å². The Kier molecular flexibility index (Phi) is 2.43. The van der Waals surface area contributed by atoms with Crippen molar-refractivity contribution in [2.24, 2.45) is 5.92 Å². The van der Waals surface area contributed by atoms with Crippen molar-refractivity contribution in [1.29, 1.82) is 0 Å². The summed E-state index contributed by atoms with van der Waals surface area (Å²) in [7, 11) is 0. The van der Waals surface area contributed by atoms with Gasteiger partial charge in [-0.25, -0.2) is 4.89 Å². The SMILES string of the molecule is CCOC(=O)C1C=CC23OCOC2=CC1OO3. The minimum absolute atomic E-state index is 0.107. The smallest absolute Gasteiger partial charge is 0.315 e. The van der Waals surface area contributed by atoms with Crippen molar-refractivity contribution < 1.29 is 28.8 Å². The molecule has 2 bridgehead atoms. The van der Waals surface area contributed by atoms with Crippen LogP contribution in [0.2, 0.25) is 0 Å². The quantitative estimate of drug-likeness (QED) is 0.401. The van der Waals surface area contributed by atoms with Crippen molar-refractivity contribution in [3.05, 3.63) is 24.0 Å². The van der Waals surface area contributed by atoms with Crippen molar-refractivity contribution in [3.63, 3.8) is 0 Å². The predicted octanol–water partition coefficient (Wildman–Crippen LogP) is 0.650. The fourth-order valence-electron chi connectivity index (χ4n) is 2.00. The molecule has 1 saturated heterocycles. The highest BCUT2D eigenvalue weighted by Crippen LogP contribution is 2.41. The van der Waals surface area contributed by atoms with Gasteiger partial charge in [0, 0.05) is 0 Å². The summed E-state index contributed by atoms with van der Waals surface area (Å²) >= 11 is 0. The first-order valence-corrected chi connectivity index (χ1v) is 5.45. The molecule has 6 nitrogen and oxygen atoms in total. The largest absolute Gasteiger partial charge is 0.466 e. The van der Waals surface area contributed by atoms with Gasteiger partial charge in [0.25, 0.3) is 5.79 Å². The van der Waals surface area contributed by atoms with E-state index in [4.69, 9.17) is 24.0 Å². The molecule has 0 amide bonds. The number of ether oxygens (including phenoxy) is 3. The summed E-state index contributed by atoms with van der Waals surface area (Å²) in [6.07, 6.45) is 4.45. The summed E-state index contributed by atoms with van der Waals surface area (Å²) in [6.45, 7) is 2.19. The van der Waals surface area contributed by atoms with Gasteiger partial charge in [0.05, 0.1) is 6.61 Å². The maximum atomic E-state index is 11.7. The van der Waals surface area contributed by atoms with Crippen LogP contribution in [-0.4, -0.2) is 31.3 Å².